The maximum atomic E-state index is 12.5. The van der Waals surface area contributed by atoms with Gasteiger partial charge in [-0.05, 0) is 55.8 Å². The van der Waals surface area contributed by atoms with Crippen LogP contribution >= 0.6 is 11.8 Å². The second kappa shape index (κ2) is 9.69. The molecule has 0 bridgehead atoms. The fraction of sp³-hybridized carbons (Fsp3) is 0.474. The third kappa shape index (κ3) is 5.66. The first kappa shape index (κ1) is 21.0. The van der Waals surface area contributed by atoms with E-state index in [2.05, 4.69) is 19.6 Å². The van der Waals surface area contributed by atoms with Crippen molar-refractivity contribution in [2.75, 3.05) is 33.0 Å². The van der Waals surface area contributed by atoms with Crippen LogP contribution in [0.25, 0.3) is 0 Å². The predicted molar refractivity (Wildman–Crippen MR) is 110 cm³/mol. The zero-order valence-electron chi connectivity index (χ0n) is 16.2. The molecule has 1 fully saturated rings. The number of likely N-dealkylation sites (tertiary alicyclic amines) is 1. The van der Waals surface area contributed by atoms with E-state index in [-0.39, 0.29) is 10.8 Å². The Kier molecular flexibility index (Phi) is 7.28. The van der Waals surface area contributed by atoms with Gasteiger partial charge in [0.05, 0.1) is 12.0 Å². The monoisotopic (exact) mass is 422 g/mol. The van der Waals surface area contributed by atoms with Crippen molar-refractivity contribution in [1.29, 1.82) is 0 Å². The summed E-state index contributed by atoms with van der Waals surface area (Å²) in [7, 11) is -1.96. The standard InChI is InChI=1S/C19H26N4O3S2/c1-26-17-5-7-18(8-6-17)28(24,25)22-12-15-4-3-9-23(13-15)14-16-10-20-19(27-2)21-11-16/h5-8,10-11,15,22H,3-4,9,12-14H2,1-2H3/t15-/m1/s1. The molecule has 1 aliphatic rings. The van der Waals surface area contributed by atoms with E-state index in [0.29, 0.717) is 12.3 Å². The van der Waals surface area contributed by atoms with Crippen molar-refractivity contribution in [1.82, 2.24) is 19.6 Å². The van der Waals surface area contributed by atoms with E-state index in [1.54, 1.807) is 31.4 Å². The number of hydrogen-bond acceptors (Lipinski definition) is 7. The second-order valence-electron chi connectivity index (χ2n) is 6.85. The van der Waals surface area contributed by atoms with Crippen molar-refractivity contribution in [3.05, 3.63) is 42.2 Å². The molecule has 7 nitrogen and oxygen atoms in total. The Morgan fingerprint density at radius 2 is 1.96 bits per heavy atom. The molecule has 3 rings (SSSR count). The van der Waals surface area contributed by atoms with Gasteiger partial charge >= 0.3 is 0 Å². The molecule has 0 aliphatic carbocycles. The molecule has 2 aromatic rings. The second-order valence-corrected chi connectivity index (χ2v) is 9.39. The van der Waals surface area contributed by atoms with Gasteiger partial charge < -0.3 is 4.74 Å². The summed E-state index contributed by atoms with van der Waals surface area (Å²) in [6.07, 6.45) is 7.77. The summed E-state index contributed by atoms with van der Waals surface area (Å²) in [6, 6.07) is 6.43. The first-order valence-corrected chi connectivity index (χ1v) is 11.9. The number of piperidine rings is 1. The quantitative estimate of drug-likeness (QED) is 0.516. The molecule has 0 amide bonds. The van der Waals surface area contributed by atoms with Crippen LogP contribution < -0.4 is 9.46 Å². The number of nitrogens with one attached hydrogen (secondary N) is 1. The van der Waals surface area contributed by atoms with Crippen LogP contribution in [0.2, 0.25) is 0 Å². The van der Waals surface area contributed by atoms with E-state index in [4.69, 9.17) is 4.74 Å². The molecule has 9 heteroatoms. The number of nitrogens with zero attached hydrogens (tertiary/aromatic N) is 3. The molecule has 0 saturated carbocycles. The zero-order chi connectivity index (χ0) is 20.0. The molecule has 28 heavy (non-hydrogen) atoms. The van der Waals surface area contributed by atoms with Crippen molar-refractivity contribution < 1.29 is 13.2 Å². The summed E-state index contributed by atoms with van der Waals surface area (Å²) in [5, 5.41) is 0.771. The summed E-state index contributed by atoms with van der Waals surface area (Å²) in [5.74, 6) is 0.921. The number of ether oxygens (including phenoxy) is 1. The number of methoxy groups -OCH3 is 1. The Balaban J connectivity index is 1.53. The van der Waals surface area contributed by atoms with Crippen molar-refractivity contribution in [2.24, 2.45) is 5.92 Å². The highest BCUT2D eigenvalue weighted by Gasteiger charge is 2.23. The largest absolute Gasteiger partial charge is 0.497 e. The van der Waals surface area contributed by atoms with Gasteiger partial charge in [0, 0.05) is 37.6 Å². The fourth-order valence-corrected chi connectivity index (χ4v) is 4.75. The van der Waals surface area contributed by atoms with Crippen LogP contribution in [0.1, 0.15) is 18.4 Å². The van der Waals surface area contributed by atoms with E-state index in [1.165, 1.54) is 11.8 Å². The molecule has 2 heterocycles. The maximum Gasteiger partial charge on any atom is 0.240 e. The Labute approximate surface area is 171 Å². The molecular formula is C19H26N4O3S2. The number of thioether (sulfide) groups is 1. The third-order valence-corrected chi connectivity index (χ3v) is 6.82. The van der Waals surface area contributed by atoms with Gasteiger partial charge in [0.1, 0.15) is 5.75 Å². The van der Waals surface area contributed by atoms with Crippen molar-refractivity contribution >= 4 is 21.8 Å². The first-order chi connectivity index (χ1) is 13.5. The van der Waals surface area contributed by atoms with Gasteiger partial charge in [0.15, 0.2) is 5.16 Å². The Bertz CT molecular complexity index is 858. The van der Waals surface area contributed by atoms with Crippen LogP contribution in [0, 0.1) is 5.92 Å². The summed E-state index contributed by atoms with van der Waals surface area (Å²) >= 11 is 1.53. The molecule has 1 N–H and O–H groups in total. The molecule has 1 atom stereocenters. The molecule has 1 aliphatic heterocycles. The van der Waals surface area contributed by atoms with Crippen LogP contribution in [-0.2, 0) is 16.6 Å². The third-order valence-electron chi connectivity index (χ3n) is 4.81. The number of rotatable bonds is 8. The minimum atomic E-state index is -3.52. The number of sulfonamides is 1. The van der Waals surface area contributed by atoms with Gasteiger partial charge in [-0.1, -0.05) is 11.8 Å². The van der Waals surface area contributed by atoms with Crippen LogP contribution in [0.3, 0.4) is 0 Å². The van der Waals surface area contributed by atoms with Gasteiger partial charge in [-0.15, -0.1) is 0 Å². The van der Waals surface area contributed by atoms with Crippen LogP contribution in [-0.4, -0.2) is 56.3 Å². The molecular weight excluding hydrogens is 396 g/mol. The highest BCUT2D eigenvalue weighted by atomic mass is 32.2. The molecule has 1 saturated heterocycles. The lowest BCUT2D eigenvalue weighted by Gasteiger charge is -2.32. The highest BCUT2D eigenvalue weighted by Crippen LogP contribution is 2.20. The smallest absolute Gasteiger partial charge is 0.240 e. The van der Waals surface area contributed by atoms with Gasteiger partial charge in [-0.3, -0.25) is 4.90 Å². The average Bonchev–Trinajstić information content (AvgIpc) is 2.73. The summed E-state index contributed by atoms with van der Waals surface area (Å²) in [4.78, 5) is 11.2. The predicted octanol–water partition coefficient (Wildman–Crippen LogP) is 2.40. The average molecular weight is 423 g/mol. The Morgan fingerprint density at radius 1 is 1.25 bits per heavy atom. The normalized spacial score (nSPS) is 18.1. The van der Waals surface area contributed by atoms with Gasteiger partial charge in [-0.2, -0.15) is 0 Å². The first-order valence-electron chi connectivity index (χ1n) is 9.21. The minimum absolute atomic E-state index is 0.256. The van der Waals surface area contributed by atoms with E-state index >= 15 is 0 Å². The van der Waals surface area contributed by atoms with Gasteiger partial charge in [0.2, 0.25) is 10.0 Å². The number of aromatic nitrogens is 2. The highest BCUT2D eigenvalue weighted by molar-refractivity contribution is 7.98. The number of benzene rings is 1. The molecule has 1 aromatic carbocycles. The molecule has 152 valence electrons. The lowest BCUT2D eigenvalue weighted by Crippen LogP contribution is -2.40. The maximum absolute atomic E-state index is 12.5. The minimum Gasteiger partial charge on any atom is -0.497 e. The lowest BCUT2D eigenvalue weighted by molar-refractivity contribution is 0.168. The summed E-state index contributed by atoms with van der Waals surface area (Å²) < 4.78 is 32.9. The SMILES string of the molecule is COc1ccc(S(=O)(=O)NC[C@H]2CCCN(Cc3cnc(SC)nc3)C2)cc1. The molecule has 0 unspecified atom stereocenters. The topological polar surface area (TPSA) is 84.4 Å². The summed E-state index contributed by atoms with van der Waals surface area (Å²) in [6.45, 7) is 3.09. The van der Waals surface area contributed by atoms with Crippen molar-refractivity contribution in [2.45, 2.75) is 29.4 Å². The van der Waals surface area contributed by atoms with Crippen LogP contribution in [0.15, 0.2) is 46.7 Å². The van der Waals surface area contributed by atoms with Gasteiger partial charge in [-0.25, -0.2) is 23.1 Å². The number of hydrogen-bond donors (Lipinski definition) is 1. The van der Waals surface area contributed by atoms with Crippen LogP contribution in [0.4, 0.5) is 0 Å². The Morgan fingerprint density at radius 3 is 2.61 bits per heavy atom. The van der Waals surface area contributed by atoms with E-state index in [0.717, 1.165) is 43.2 Å². The molecule has 0 spiro atoms. The van der Waals surface area contributed by atoms with E-state index < -0.39 is 10.0 Å². The van der Waals surface area contributed by atoms with E-state index in [9.17, 15) is 8.42 Å². The molecule has 1 aromatic heterocycles. The van der Waals surface area contributed by atoms with Gasteiger partial charge in [0.25, 0.3) is 0 Å². The lowest BCUT2D eigenvalue weighted by atomic mass is 9.98. The fourth-order valence-electron chi connectivity index (χ4n) is 3.32. The summed E-state index contributed by atoms with van der Waals surface area (Å²) in [5.41, 5.74) is 1.08. The van der Waals surface area contributed by atoms with Crippen molar-refractivity contribution in [3.63, 3.8) is 0 Å². The molecule has 0 radical (unpaired) electrons. The van der Waals surface area contributed by atoms with Crippen molar-refractivity contribution in [3.8, 4) is 5.75 Å². The van der Waals surface area contributed by atoms with Crippen LogP contribution in [0.5, 0.6) is 5.75 Å². The zero-order valence-corrected chi connectivity index (χ0v) is 17.8. The van der Waals surface area contributed by atoms with E-state index in [1.807, 2.05) is 18.6 Å². The Hall–Kier alpha value is -1.68.